The molecule has 0 bridgehead atoms. The van der Waals surface area contributed by atoms with Crippen LogP contribution < -0.4 is 4.74 Å². The molecule has 5 nitrogen and oxygen atoms in total. The van der Waals surface area contributed by atoms with E-state index in [1.807, 2.05) is 60.7 Å². The van der Waals surface area contributed by atoms with Gasteiger partial charge in [0.05, 0.1) is 30.1 Å². The maximum absolute atomic E-state index is 6.04. The molecule has 0 spiro atoms. The Hall–Kier alpha value is -3.96. The lowest BCUT2D eigenvalue weighted by atomic mass is 10.0. The van der Waals surface area contributed by atoms with Gasteiger partial charge in [-0.15, -0.1) is 0 Å². The highest BCUT2D eigenvalue weighted by molar-refractivity contribution is 6.30. The summed E-state index contributed by atoms with van der Waals surface area (Å²) in [5.41, 5.74) is 5.07. The lowest BCUT2D eigenvalue weighted by molar-refractivity contribution is 0.302. The molecule has 2 heterocycles. The first-order chi connectivity index (χ1) is 16.2. The number of rotatable bonds is 7. The molecule has 0 radical (unpaired) electrons. The number of hydrogen-bond donors (Lipinski definition) is 0. The number of pyridine rings is 1. The molecule has 162 valence electrons. The second kappa shape index (κ2) is 9.67. The Morgan fingerprint density at radius 1 is 0.848 bits per heavy atom. The molecule has 0 aliphatic rings. The number of para-hydroxylation sites is 1. The molecule has 6 heteroatoms. The normalized spacial score (nSPS) is 11.6. The van der Waals surface area contributed by atoms with Gasteiger partial charge in [0.2, 0.25) is 0 Å². The summed E-state index contributed by atoms with van der Waals surface area (Å²) in [6.07, 6.45) is 5.48. The van der Waals surface area contributed by atoms with Crippen LogP contribution in [0.3, 0.4) is 0 Å². The van der Waals surface area contributed by atoms with Gasteiger partial charge in [-0.2, -0.15) is 15.0 Å². The summed E-state index contributed by atoms with van der Waals surface area (Å²) in [7, 11) is 0. The standard InChI is InChI=1S/C27H21ClN4O/c28-24-10-5-20(6-11-24)17-23(18-32-29-15-16-30-32)21-8-13-26(14-9-21)33-19-25-12-7-22-3-1-2-4-27(22)31-25/h1-17H,18-19H2/b23-17+. The third kappa shape index (κ3) is 5.27. The molecule has 33 heavy (non-hydrogen) atoms. The van der Waals surface area contributed by atoms with Gasteiger partial charge in [0.1, 0.15) is 12.4 Å². The Morgan fingerprint density at radius 3 is 2.39 bits per heavy atom. The number of aromatic nitrogens is 4. The van der Waals surface area contributed by atoms with Crippen molar-refractivity contribution >= 4 is 34.2 Å². The third-order valence-corrected chi connectivity index (χ3v) is 5.51. The Bertz CT molecular complexity index is 1380. The average Bonchev–Trinajstić information content (AvgIpc) is 3.37. The van der Waals surface area contributed by atoms with Gasteiger partial charge in [0.25, 0.3) is 0 Å². The number of fused-ring (bicyclic) bond motifs is 1. The van der Waals surface area contributed by atoms with Crippen molar-refractivity contribution in [3.63, 3.8) is 0 Å². The van der Waals surface area contributed by atoms with Crippen LogP contribution in [-0.4, -0.2) is 20.0 Å². The van der Waals surface area contributed by atoms with Gasteiger partial charge < -0.3 is 4.74 Å². The molecule has 0 amide bonds. The van der Waals surface area contributed by atoms with Gasteiger partial charge in [-0.3, -0.25) is 0 Å². The minimum absolute atomic E-state index is 0.412. The molecule has 5 aromatic rings. The van der Waals surface area contributed by atoms with E-state index >= 15 is 0 Å². The zero-order valence-electron chi connectivity index (χ0n) is 17.8. The topological polar surface area (TPSA) is 52.8 Å². The predicted molar refractivity (Wildman–Crippen MR) is 132 cm³/mol. The molecule has 0 atom stereocenters. The van der Waals surface area contributed by atoms with Crippen LogP contribution in [0.2, 0.25) is 5.02 Å². The van der Waals surface area contributed by atoms with Crippen molar-refractivity contribution in [3.8, 4) is 5.75 Å². The van der Waals surface area contributed by atoms with Crippen molar-refractivity contribution in [1.29, 1.82) is 0 Å². The van der Waals surface area contributed by atoms with Crippen LogP contribution in [0.1, 0.15) is 16.8 Å². The second-order valence-electron chi connectivity index (χ2n) is 7.59. The average molecular weight is 453 g/mol. The SMILES string of the molecule is Clc1ccc(/C=C(\Cn2nccn2)c2ccc(OCc3ccc4ccccc4n3)cc2)cc1. The first kappa shape index (κ1) is 20.9. The van der Waals surface area contributed by atoms with Crippen LogP contribution in [0.15, 0.2) is 97.3 Å². The Morgan fingerprint density at radius 2 is 1.61 bits per heavy atom. The Balaban J connectivity index is 1.34. The van der Waals surface area contributed by atoms with Gasteiger partial charge in [0, 0.05) is 10.4 Å². The van der Waals surface area contributed by atoms with Crippen molar-refractivity contribution in [1.82, 2.24) is 20.0 Å². The van der Waals surface area contributed by atoms with Crippen molar-refractivity contribution in [3.05, 3.63) is 119 Å². The van der Waals surface area contributed by atoms with E-state index in [1.54, 1.807) is 17.2 Å². The van der Waals surface area contributed by atoms with Gasteiger partial charge in [0.15, 0.2) is 0 Å². The van der Waals surface area contributed by atoms with Gasteiger partial charge in [-0.25, -0.2) is 4.98 Å². The monoisotopic (exact) mass is 452 g/mol. The highest BCUT2D eigenvalue weighted by atomic mass is 35.5. The maximum atomic E-state index is 6.04. The number of ether oxygens (including phenoxy) is 1. The van der Waals surface area contributed by atoms with Crippen LogP contribution >= 0.6 is 11.6 Å². The van der Waals surface area contributed by atoms with Crippen molar-refractivity contribution in [2.24, 2.45) is 0 Å². The highest BCUT2D eigenvalue weighted by Gasteiger charge is 2.07. The molecular formula is C27H21ClN4O. The van der Waals surface area contributed by atoms with E-state index in [0.29, 0.717) is 18.2 Å². The zero-order valence-corrected chi connectivity index (χ0v) is 18.6. The van der Waals surface area contributed by atoms with E-state index in [2.05, 4.69) is 45.5 Å². The summed E-state index contributed by atoms with van der Waals surface area (Å²) < 4.78 is 5.99. The predicted octanol–water partition coefficient (Wildman–Crippen LogP) is 6.30. The van der Waals surface area contributed by atoms with E-state index < -0.39 is 0 Å². The molecule has 5 rings (SSSR count). The summed E-state index contributed by atoms with van der Waals surface area (Å²) in [6.45, 7) is 0.964. The molecule has 0 unspecified atom stereocenters. The fraction of sp³-hybridized carbons (Fsp3) is 0.0741. The zero-order chi connectivity index (χ0) is 22.5. The van der Waals surface area contributed by atoms with E-state index in [0.717, 1.165) is 39.0 Å². The molecule has 0 aliphatic carbocycles. The largest absolute Gasteiger partial charge is 0.487 e. The van der Waals surface area contributed by atoms with Crippen molar-refractivity contribution < 1.29 is 4.74 Å². The van der Waals surface area contributed by atoms with Crippen molar-refractivity contribution in [2.45, 2.75) is 13.2 Å². The molecular weight excluding hydrogens is 432 g/mol. The summed E-state index contributed by atoms with van der Waals surface area (Å²) >= 11 is 6.04. The molecule has 0 fully saturated rings. The van der Waals surface area contributed by atoms with Crippen LogP contribution in [0, 0.1) is 0 Å². The summed E-state index contributed by atoms with van der Waals surface area (Å²) in [6, 6.07) is 27.9. The number of hydrogen-bond acceptors (Lipinski definition) is 4. The van der Waals surface area contributed by atoms with Crippen LogP contribution in [0.25, 0.3) is 22.6 Å². The molecule has 0 aliphatic heterocycles. The van der Waals surface area contributed by atoms with E-state index in [9.17, 15) is 0 Å². The lowest BCUT2D eigenvalue weighted by Crippen LogP contribution is -2.04. The summed E-state index contributed by atoms with van der Waals surface area (Å²) in [5.74, 6) is 0.789. The first-order valence-corrected chi connectivity index (χ1v) is 11.0. The number of benzene rings is 3. The van der Waals surface area contributed by atoms with Crippen LogP contribution in [0.5, 0.6) is 5.75 Å². The number of nitrogens with zero attached hydrogens (tertiary/aromatic N) is 4. The molecule has 0 saturated carbocycles. The number of allylic oxidation sites excluding steroid dienone is 1. The van der Waals surface area contributed by atoms with Gasteiger partial charge >= 0.3 is 0 Å². The summed E-state index contributed by atoms with van der Waals surface area (Å²) in [5, 5.41) is 10.3. The van der Waals surface area contributed by atoms with E-state index in [4.69, 9.17) is 16.3 Å². The fourth-order valence-corrected chi connectivity index (χ4v) is 3.69. The smallest absolute Gasteiger partial charge is 0.130 e. The molecule has 0 saturated heterocycles. The Labute approximate surface area is 196 Å². The first-order valence-electron chi connectivity index (χ1n) is 10.6. The number of halogens is 1. The molecule has 2 aromatic heterocycles. The lowest BCUT2D eigenvalue weighted by Gasteiger charge is -2.11. The second-order valence-corrected chi connectivity index (χ2v) is 8.03. The minimum atomic E-state index is 0.412. The quantitative estimate of drug-likeness (QED) is 0.272. The van der Waals surface area contributed by atoms with Gasteiger partial charge in [-0.1, -0.05) is 60.1 Å². The van der Waals surface area contributed by atoms with E-state index in [-0.39, 0.29) is 0 Å². The molecule has 0 N–H and O–H groups in total. The highest BCUT2D eigenvalue weighted by Crippen LogP contribution is 2.24. The Kier molecular flexibility index (Phi) is 6.13. The maximum Gasteiger partial charge on any atom is 0.130 e. The van der Waals surface area contributed by atoms with Crippen LogP contribution in [0.4, 0.5) is 0 Å². The van der Waals surface area contributed by atoms with Crippen LogP contribution in [-0.2, 0) is 13.2 Å². The molecule has 3 aromatic carbocycles. The third-order valence-electron chi connectivity index (χ3n) is 5.26. The van der Waals surface area contributed by atoms with Gasteiger partial charge in [-0.05, 0) is 59.2 Å². The minimum Gasteiger partial charge on any atom is -0.487 e. The summed E-state index contributed by atoms with van der Waals surface area (Å²) in [4.78, 5) is 6.33. The van der Waals surface area contributed by atoms with E-state index in [1.165, 1.54) is 0 Å². The fourth-order valence-electron chi connectivity index (χ4n) is 3.57. The van der Waals surface area contributed by atoms with Crippen molar-refractivity contribution in [2.75, 3.05) is 0 Å².